The molecule has 0 aliphatic carbocycles. The maximum Gasteiger partial charge on any atom is 0.274 e. The average molecular weight is 439 g/mol. The molecule has 0 fully saturated rings. The van der Waals surface area contributed by atoms with Gasteiger partial charge in [-0.3, -0.25) is 15.1 Å². The van der Waals surface area contributed by atoms with E-state index in [9.17, 15) is 15.2 Å². The third-order valence-electron chi connectivity index (χ3n) is 5.26. The first-order valence-electron chi connectivity index (χ1n) is 10.0. The molecule has 1 aromatic heterocycles. The highest BCUT2D eigenvalue weighted by Crippen LogP contribution is 2.35. The van der Waals surface area contributed by atoms with Crippen LogP contribution in [0, 0.1) is 10.1 Å². The van der Waals surface area contributed by atoms with Gasteiger partial charge < -0.3 is 14.3 Å². The Hall–Kier alpha value is -4.72. The number of aromatic hydroxyl groups is 1. The fourth-order valence-electron chi connectivity index (χ4n) is 3.64. The number of phenols is 1. The zero-order valence-electron chi connectivity index (χ0n) is 17.4. The molecule has 1 N–H and O–H groups in total. The van der Waals surface area contributed by atoms with Gasteiger partial charge in [0.2, 0.25) is 5.89 Å². The Morgan fingerprint density at radius 1 is 1.09 bits per heavy atom. The van der Waals surface area contributed by atoms with Gasteiger partial charge in [0.15, 0.2) is 17.1 Å². The van der Waals surface area contributed by atoms with E-state index >= 15 is 0 Å². The monoisotopic (exact) mass is 439 g/mol. The van der Waals surface area contributed by atoms with Gasteiger partial charge in [0.05, 0.1) is 23.8 Å². The van der Waals surface area contributed by atoms with Crippen molar-refractivity contribution in [3.63, 3.8) is 0 Å². The van der Waals surface area contributed by atoms with E-state index in [-0.39, 0.29) is 22.7 Å². The SMILES string of the molecule is COc1cc([N+](=O)[O-])cc(C=Nc2ccc3oc(-c4cccc5ccccc45)nc3c2)c1O. The van der Waals surface area contributed by atoms with Crippen LogP contribution in [0.1, 0.15) is 5.56 Å². The molecule has 0 saturated carbocycles. The van der Waals surface area contributed by atoms with Gasteiger partial charge in [0.25, 0.3) is 5.69 Å². The standard InChI is InChI=1S/C25H17N3O5/c1-32-23-13-18(28(30)31)11-16(24(23)29)14-26-17-9-10-22-21(12-17)27-25(33-22)20-8-4-6-15-5-2-3-7-19(15)20/h2-14,29H,1H3. The number of nitro benzene ring substituents is 1. The molecule has 0 amide bonds. The summed E-state index contributed by atoms with van der Waals surface area (Å²) in [4.78, 5) is 19.6. The summed E-state index contributed by atoms with van der Waals surface area (Å²) in [7, 11) is 1.33. The molecule has 0 saturated heterocycles. The Kier molecular flexibility index (Phi) is 4.95. The summed E-state index contributed by atoms with van der Waals surface area (Å²) < 4.78 is 11.0. The maximum absolute atomic E-state index is 11.2. The minimum Gasteiger partial charge on any atom is -0.504 e. The molecule has 4 aromatic carbocycles. The summed E-state index contributed by atoms with van der Waals surface area (Å²) in [6.45, 7) is 0. The summed E-state index contributed by atoms with van der Waals surface area (Å²) >= 11 is 0. The van der Waals surface area contributed by atoms with Crippen molar-refractivity contribution in [2.75, 3.05) is 7.11 Å². The van der Waals surface area contributed by atoms with E-state index < -0.39 is 4.92 Å². The van der Waals surface area contributed by atoms with Gasteiger partial charge in [-0.15, -0.1) is 0 Å². The highest BCUT2D eigenvalue weighted by molar-refractivity contribution is 5.96. The number of oxazole rings is 1. The van der Waals surface area contributed by atoms with Crippen LogP contribution in [-0.2, 0) is 0 Å². The largest absolute Gasteiger partial charge is 0.504 e. The number of rotatable bonds is 5. The van der Waals surface area contributed by atoms with Crippen LogP contribution in [0.15, 0.2) is 82.2 Å². The van der Waals surface area contributed by atoms with Crippen molar-refractivity contribution < 1.29 is 19.2 Å². The fourth-order valence-corrected chi connectivity index (χ4v) is 3.64. The third-order valence-corrected chi connectivity index (χ3v) is 5.26. The molecule has 0 spiro atoms. The second kappa shape index (κ2) is 8.08. The molecule has 8 heteroatoms. The summed E-state index contributed by atoms with van der Waals surface area (Å²) in [5.74, 6) is 0.272. The molecule has 5 aromatic rings. The van der Waals surface area contributed by atoms with Gasteiger partial charge in [-0.1, -0.05) is 36.4 Å². The van der Waals surface area contributed by atoms with Gasteiger partial charge in [-0.05, 0) is 35.0 Å². The first-order chi connectivity index (χ1) is 16.0. The van der Waals surface area contributed by atoms with E-state index in [2.05, 4.69) is 9.98 Å². The Morgan fingerprint density at radius 3 is 2.73 bits per heavy atom. The number of aliphatic imine (C=N–C) groups is 1. The van der Waals surface area contributed by atoms with Crippen molar-refractivity contribution in [3.05, 3.63) is 88.5 Å². The third kappa shape index (κ3) is 3.74. The van der Waals surface area contributed by atoms with Crippen LogP contribution in [0.3, 0.4) is 0 Å². The van der Waals surface area contributed by atoms with Crippen molar-refractivity contribution in [1.29, 1.82) is 0 Å². The number of ether oxygens (including phenoxy) is 1. The molecule has 0 aliphatic rings. The smallest absolute Gasteiger partial charge is 0.274 e. The molecule has 162 valence electrons. The summed E-state index contributed by atoms with van der Waals surface area (Å²) in [6.07, 6.45) is 1.34. The van der Waals surface area contributed by atoms with Crippen LogP contribution in [-0.4, -0.2) is 28.3 Å². The van der Waals surface area contributed by atoms with Crippen LogP contribution < -0.4 is 4.74 Å². The number of benzene rings is 4. The Labute approximate surface area is 187 Å². The van der Waals surface area contributed by atoms with Crippen molar-refractivity contribution in [2.24, 2.45) is 4.99 Å². The van der Waals surface area contributed by atoms with Crippen molar-refractivity contribution in [1.82, 2.24) is 4.98 Å². The normalized spacial score (nSPS) is 11.4. The zero-order chi connectivity index (χ0) is 22.9. The van der Waals surface area contributed by atoms with E-state index in [0.717, 1.165) is 22.4 Å². The number of nitrogens with zero attached hydrogens (tertiary/aromatic N) is 3. The Balaban J connectivity index is 1.52. The maximum atomic E-state index is 11.2. The molecule has 0 radical (unpaired) electrons. The molecular formula is C25H17N3O5. The van der Waals surface area contributed by atoms with Gasteiger partial charge >= 0.3 is 0 Å². The molecule has 1 heterocycles. The first-order valence-corrected chi connectivity index (χ1v) is 10.0. The highest BCUT2D eigenvalue weighted by Gasteiger charge is 2.16. The Bertz CT molecular complexity index is 1550. The molecule has 33 heavy (non-hydrogen) atoms. The van der Waals surface area contributed by atoms with E-state index in [1.54, 1.807) is 18.2 Å². The number of non-ortho nitro benzene ring substituents is 1. The van der Waals surface area contributed by atoms with Crippen LogP contribution >= 0.6 is 0 Å². The van der Waals surface area contributed by atoms with Gasteiger partial charge in [0, 0.05) is 23.4 Å². The number of hydrogen-bond donors (Lipinski definition) is 1. The number of nitro groups is 1. The van der Waals surface area contributed by atoms with Gasteiger partial charge in [0.1, 0.15) is 5.52 Å². The van der Waals surface area contributed by atoms with Crippen molar-refractivity contribution >= 4 is 39.5 Å². The topological polar surface area (TPSA) is 111 Å². The molecule has 0 bridgehead atoms. The van der Waals surface area contributed by atoms with Crippen LogP contribution in [0.2, 0.25) is 0 Å². The lowest BCUT2D eigenvalue weighted by molar-refractivity contribution is -0.385. The lowest BCUT2D eigenvalue weighted by Gasteiger charge is -2.05. The number of hydrogen-bond acceptors (Lipinski definition) is 7. The minimum absolute atomic E-state index is 0.00247. The predicted octanol–water partition coefficient (Wildman–Crippen LogP) is 6.02. The molecule has 0 unspecified atom stereocenters. The van der Waals surface area contributed by atoms with Crippen LogP contribution in [0.25, 0.3) is 33.3 Å². The van der Waals surface area contributed by atoms with Gasteiger partial charge in [-0.2, -0.15) is 0 Å². The first kappa shape index (κ1) is 20.2. The molecule has 8 nitrogen and oxygen atoms in total. The van der Waals surface area contributed by atoms with Crippen molar-refractivity contribution in [2.45, 2.75) is 0 Å². The second-order valence-corrected chi connectivity index (χ2v) is 7.30. The number of fused-ring (bicyclic) bond motifs is 2. The quantitative estimate of drug-likeness (QED) is 0.204. The lowest BCUT2D eigenvalue weighted by Crippen LogP contribution is -1.94. The predicted molar refractivity (Wildman–Crippen MR) is 126 cm³/mol. The minimum atomic E-state index is -0.560. The van der Waals surface area contributed by atoms with Crippen molar-refractivity contribution in [3.8, 4) is 23.0 Å². The van der Waals surface area contributed by atoms with E-state index in [1.165, 1.54) is 19.4 Å². The highest BCUT2D eigenvalue weighted by atomic mass is 16.6. The van der Waals surface area contributed by atoms with E-state index in [4.69, 9.17) is 9.15 Å². The molecular weight excluding hydrogens is 422 g/mol. The number of aromatic nitrogens is 1. The second-order valence-electron chi connectivity index (χ2n) is 7.30. The van der Waals surface area contributed by atoms with Crippen LogP contribution in [0.4, 0.5) is 11.4 Å². The number of phenolic OH excluding ortho intramolecular Hbond substituents is 1. The summed E-state index contributed by atoms with van der Waals surface area (Å²) in [5.41, 5.74) is 2.62. The van der Waals surface area contributed by atoms with Crippen LogP contribution in [0.5, 0.6) is 11.5 Å². The van der Waals surface area contributed by atoms with E-state index in [1.807, 2.05) is 42.5 Å². The fraction of sp³-hybridized carbons (Fsp3) is 0.0400. The summed E-state index contributed by atoms with van der Waals surface area (Å²) in [5, 5.41) is 23.6. The Morgan fingerprint density at radius 2 is 1.91 bits per heavy atom. The molecule has 0 aliphatic heterocycles. The van der Waals surface area contributed by atoms with E-state index in [0.29, 0.717) is 22.7 Å². The molecule has 5 rings (SSSR count). The zero-order valence-corrected chi connectivity index (χ0v) is 17.4. The average Bonchev–Trinajstić information content (AvgIpc) is 3.26. The summed E-state index contributed by atoms with van der Waals surface area (Å²) in [6, 6.07) is 21.6. The molecule has 0 atom stereocenters. The lowest BCUT2D eigenvalue weighted by atomic mass is 10.0. The number of methoxy groups -OCH3 is 1. The van der Waals surface area contributed by atoms with Gasteiger partial charge in [-0.25, -0.2) is 4.98 Å².